The summed E-state index contributed by atoms with van der Waals surface area (Å²) in [5.74, 6) is 0.778. The molecule has 0 aliphatic heterocycles. The van der Waals surface area contributed by atoms with E-state index in [9.17, 15) is 4.79 Å². The molecule has 0 heterocycles. The van der Waals surface area contributed by atoms with E-state index in [0.717, 1.165) is 29.8 Å². The topological polar surface area (TPSA) is 64.3 Å². The first kappa shape index (κ1) is 11.9. The minimum atomic E-state index is -0.0706. The summed E-state index contributed by atoms with van der Waals surface area (Å²) in [6.45, 7) is 2.12. The fourth-order valence-corrected chi connectivity index (χ4v) is 2.14. The lowest BCUT2D eigenvalue weighted by Gasteiger charge is -2.18. The quantitative estimate of drug-likeness (QED) is 0.832. The van der Waals surface area contributed by atoms with Crippen molar-refractivity contribution in [1.29, 1.82) is 0 Å². The van der Waals surface area contributed by atoms with Crippen LogP contribution < -0.4 is 15.8 Å². The smallest absolute Gasteiger partial charge is 0.221 e. The summed E-state index contributed by atoms with van der Waals surface area (Å²) in [4.78, 5) is 11.0. The summed E-state index contributed by atoms with van der Waals surface area (Å²) >= 11 is 0. The van der Waals surface area contributed by atoms with Crippen molar-refractivity contribution >= 4 is 11.6 Å². The zero-order valence-corrected chi connectivity index (χ0v) is 10.2. The van der Waals surface area contributed by atoms with Crippen LogP contribution in [-0.4, -0.2) is 19.6 Å². The van der Waals surface area contributed by atoms with Gasteiger partial charge in [0.1, 0.15) is 5.75 Å². The lowest BCUT2D eigenvalue weighted by atomic mass is 9.94. The molecule has 4 nitrogen and oxygen atoms in total. The Hall–Kier alpha value is -1.55. The average molecular weight is 234 g/mol. The van der Waals surface area contributed by atoms with Gasteiger partial charge in [0.15, 0.2) is 0 Å². The van der Waals surface area contributed by atoms with Gasteiger partial charge in [0.05, 0.1) is 7.11 Å². The van der Waals surface area contributed by atoms with Gasteiger partial charge in [-0.1, -0.05) is 0 Å². The van der Waals surface area contributed by atoms with Crippen LogP contribution in [0.1, 0.15) is 25.3 Å². The molecular weight excluding hydrogens is 216 g/mol. The molecule has 3 N–H and O–H groups in total. The molecule has 1 aliphatic rings. The van der Waals surface area contributed by atoms with Crippen LogP contribution in [0.5, 0.6) is 5.75 Å². The van der Waals surface area contributed by atoms with Crippen molar-refractivity contribution < 1.29 is 9.53 Å². The van der Waals surface area contributed by atoms with Gasteiger partial charge in [0.25, 0.3) is 0 Å². The number of hydrogen-bond acceptors (Lipinski definition) is 3. The number of carbonyl (C=O) groups excluding carboxylic acids is 1. The molecule has 1 fully saturated rings. The Morgan fingerprint density at radius 2 is 2.24 bits per heavy atom. The minimum absolute atomic E-state index is 0.0554. The van der Waals surface area contributed by atoms with Crippen LogP contribution in [0.4, 0.5) is 5.69 Å². The highest BCUT2D eigenvalue weighted by molar-refractivity contribution is 5.89. The number of ether oxygens (including phenoxy) is 1. The Labute approximate surface area is 101 Å². The van der Waals surface area contributed by atoms with Crippen LogP contribution in [-0.2, 0) is 10.2 Å². The van der Waals surface area contributed by atoms with E-state index in [4.69, 9.17) is 10.5 Å². The van der Waals surface area contributed by atoms with E-state index in [0.29, 0.717) is 6.54 Å². The first-order valence-corrected chi connectivity index (χ1v) is 5.77. The molecule has 0 atom stereocenters. The average Bonchev–Trinajstić information content (AvgIpc) is 3.09. The van der Waals surface area contributed by atoms with Crippen molar-refractivity contribution in [2.75, 3.05) is 19.0 Å². The van der Waals surface area contributed by atoms with Crippen molar-refractivity contribution in [2.24, 2.45) is 5.73 Å². The summed E-state index contributed by atoms with van der Waals surface area (Å²) in [6, 6.07) is 5.70. The maximum atomic E-state index is 11.0. The molecule has 1 aliphatic carbocycles. The Morgan fingerprint density at radius 1 is 1.53 bits per heavy atom. The third-order valence-electron chi connectivity index (χ3n) is 3.34. The molecule has 0 saturated heterocycles. The van der Waals surface area contributed by atoms with E-state index >= 15 is 0 Å². The highest BCUT2D eigenvalue weighted by Crippen LogP contribution is 2.51. The van der Waals surface area contributed by atoms with Gasteiger partial charge in [-0.15, -0.1) is 0 Å². The van der Waals surface area contributed by atoms with Gasteiger partial charge >= 0.3 is 0 Å². The fraction of sp³-hybridized carbons (Fsp3) is 0.462. The molecule has 1 aromatic carbocycles. The third-order valence-corrected chi connectivity index (χ3v) is 3.34. The molecule has 0 unspecified atom stereocenters. The number of amides is 1. The largest absolute Gasteiger partial charge is 0.496 e. The van der Waals surface area contributed by atoms with Gasteiger partial charge in [-0.25, -0.2) is 0 Å². The predicted octanol–water partition coefficient (Wildman–Crippen LogP) is 1.64. The first-order chi connectivity index (χ1) is 8.11. The lowest BCUT2D eigenvalue weighted by molar-refractivity contribution is -0.114. The van der Waals surface area contributed by atoms with E-state index in [1.54, 1.807) is 7.11 Å². The number of benzene rings is 1. The second-order valence-electron chi connectivity index (χ2n) is 4.58. The molecule has 0 aromatic heterocycles. The molecule has 1 amide bonds. The van der Waals surface area contributed by atoms with Crippen molar-refractivity contribution in [3.63, 3.8) is 0 Å². The summed E-state index contributed by atoms with van der Waals surface area (Å²) in [7, 11) is 1.66. The van der Waals surface area contributed by atoms with Crippen LogP contribution >= 0.6 is 0 Å². The number of anilines is 1. The molecule has 2 rings (SSSR count). The summed E-state index contributed by atoms with van der Waals surface area (Å²) in [5, 5.41) is 2.79. The van der Waals surface area contributed by atoms with E-state index < -0.39 is 0 Å². The summed E-state index contributed by atoms with van der Waals surface area (Å²) in [6.07, 6.45) is 2.17. The second kappa shape index (κ2) is 4.37. The number of rotatable bonds is 4. The Morgan fingerprint density at radius 3 is 2.71 bits per heavy atom. The zero-order chi connectivity index (χ0) is 12.5. The van der Waals surface area contributed by atoms with Crippen molar-refractivity contribution in [3.8, 4) is 5.75 Å². The van der Waals surface area contributed by atoms with Crippen LogP contribution in [0.15, 0.2) is 18.2 Å². The molecule has 4 heteroatoms. The number of hydrogen-bond donors (Lipinski definition) is 2. The maximum Gasteiger partial charge on any atom is 0.221 e. The molecule has 17 heavy (non-hydrogen) atoms. The second-order valence-corrected chi connectivity index (χ2v) is 4.58. The van der Waals surface area contributed by atoms with Gasteiger partial charge in [-0.3, -0.25) is 4.79 Å². The van der Waals surface area contributed by atoms with Gasteiger partial charge in [0.2, 0.25) is 5.91 Å². The predicted molar refractivity (Wildman–Crippen MR) is 67.3 cm³/mol. The Kier molecular flexibility index (Phi) is 3.07. The highest BCUT2D eigenvalue weighted by Gasteiger charge is 2.44. The molecule has 1 saturated carbocycles. The standard InChI is InChI=1S/C13H18N2O2/c1-9(16)15-10-3-4-12(17-2)11(7-10)13(8-14)5-6-13/h3-4,7H,5-6,8,14H2,1-2H3,(H,15,16). The van der Waals surface area contributed by atoms with E-state index in [2.05, 4.69) is 5.32 Å². The molecule has 0 spiro atoms. The summed E-state index contributed by atoms with van der Waals surface area (Å²) in [5.41, 5.74) is 7.79. The van der Waals surface area contributed by atoms with Gasteiger partial charge in [-0.2, -0.15) is 0 Å². The van der Waals surface area contributed by atoms with Gasteiger partial charge in [0, 0.05) is 30.1 Å². The van der Waals surface area contributed by atoms with Crippen LogP contribution in [0.25, 0.3) is 0 Å². The monoisotopic (exact) mass is 234 g/mol. The number of methoxy groups -OCH3 is 1. The van der Waals surface area contributed by atoms with Crippen LogP contribution in [0.2, 0.25) is 0 Å². The fourth-order valence-electron chi connectivity index (χ4n) is 2.14. The summed E-state index contributed by atoms with van der Waals surface area (Å²) < 4.78 is 5.37. The van der Waals surface area contributed by atoms with Crippen LogP contribution in [0.3, 0.4) is 0 Å². The highest BCUT2D eigenvalue weighted by atomic mass is 16.5. The number of nitrogens with two attached hydrogens (primary N) is 1. The Bertz CT molecular complexity index is 439. The van der Waals surface area contributed by atoms with Crippen molar-refractivity contribution in [1.82, 2.24) is 0 Å². The zero-order valence-electron chi connectivity index (χ0n) is 10.2. The van der Waals surface area contributed by atoms with Crippen molar-refractivity contribution in [2.45, 2.75) is 25.2 Å². The van der Waals surface area contributed by atoms with Crippen molar-refractivity contribution in [3.05, 3.63) is 23.8 Å². The SMILES string of the molecule is COc1ccc(NC(C)=O)cc1C1(CN)CC1. The van der Waals surface area contributed by atoms with Gasteiger partial charge < -0.3 is 15.8 Å². The number of carbonyl (C=O) groups is 1. The van der Waals surface area contributed by atoms with E-state index in [-0.39, 0.29) is 11.3 Å². The molecule has 0 bridgehead atoms. The first-order valence-electron chi connectivity index (χ1n) is 5.77. The minimum Gasteiger partial charge on any atom is -0.496 e. The molecule has 0 radical (unpaired) electrons. The van der Waals surface area contributed by atoms with Crippen LogP contribution in [0, 0.1) is 0 Å². The normalized spacial score (nSPS) is 16.4. The number of nitrogens with one attached hydrogen (secondary N) is 1. The van der Waals surface area contributed by atoms with E-state index in [1.165, 1.54) is 6.92 Å². The van der Waals surface area contributed by atoms with E-state index in [1.807, 2.05) is 18.2 Å². The third kappa shape index (κ3) is 2.26. The maximum absolute atomic E-state index is 11.0. The molecule has 1 aromatic rings. The molecule has 92 valence electrons. The lowest BCUT2D eigenvalue weighted by Crippen LogP contribution is -2.21. The van der Waals surface area contributed by atoms with Gasteiger partial charge in [-0.05, 0) is 31.0 Å². The Balaban J connectivity index is 2.37. The molecular formula is C13H18N2O2.